The first-order valence-electron chi connectivity index (χ1n) is 9.88. The van der Waals surface area contributed by atoms with Gasteiger partial charge in [-0.05, 0) is 64.7 Å². The highest BCUT2D eigenvalue weighted by molar-refractivity contribution is 6.32. The van der Waals surface area contributed by atoms with Crippen molar-refractivity contribution >= 4 is 13.4 Å². The average molecular weight is 345 g/mol. The van der Waals surface area contributed by atoms with Gasteiger partial charge >= 0.3 is 0 Å². The predicted octanol–water partition coefficient (Wildman–Crippen LogP) is 5.70. The minimum absolute atomic E-state index is 0.154. The third kappa shape index (κ3) is 3.90. The average Bonchev–Trinajstić information content (AvgIpc) is 2.57. The van der Waals surface area contributed by atoms with Gasteiger partial charge in [-0.15, -0.1) is 0 Å². The Hall–Kier alpha value is -1.57. The molecule has 3 rings (SSSR count). The first-order chi connectivity index (χ1) is 12.0. The molecule has 2 aromatic rings. The minimum atomic E-state index is 0.154. The maximum Gasteiger partial charge on any atom is 0.142 e. The van der Waals surface area contributed by atoms with Gasteiger partial charge in [0, 0.05) is 5.56 Å². The second-order valence-corrected chi connectivity index (χ2v) is 10.2. The van der Waals surface area contributed by atoms with Crippen LogP contribution in [0.3, 0.4) is 0 Å². The fourth-order valence-electron chi connectivity index (χ4n) is 4.03. The van der Waals surface area contributed by atoms with Gasteiger partial charge in [-0.3, -0.25) is 4.98 Å². The van der Waals surface area contributed by atoms with Crippen LogP contribution in [0.2, 0.25) is 0 Å². The molecule has 1 aliphatic rings. The number of benzene rings is 1. The van der Waals surface area contributed by atoms with E-state index in [-0.39, 0.29) is 10.8 Å². The number of aromatic nitrogens is 1. The third-order valence-electron chi connectivity index (χ3n) is 6.33. The van der Waals surface area contributed by atoms with Gasteiger partial charge in [0.1, 0.15) is 7.85 Å². The summed E-state index contributed by atoms with van der Waals surface area (Å²) in [5, 5.41) is 0. The van der Waals surface area contributed by atoms with Crippen LogP contribution < -0.4 is 5.59 Å². The van der Waals surface area contributed by atoms with Crippen molar-refractivity contribution in [2.75, 3.05) is 0 Å². The number of pyridine rings is 1. The molecule has 0 amide bonds. The normalized spacial score (nSPS) is 19.3. The Labute approximate surface area is 161 Å². The molecule has 2 heteroatoms. The van der Waals surface area contributed by atoms with Gasteiger partial charge in [-0.2, -0.15) is 0 Å². The Kier molecular flexibility index (Phi) is 4.84. The van der Waals surface area contributed by atoms with E-state index in [9.17, 15) is 0 Å². The molecule has 26 heavy (non-hydrogen) atoms. The van der Waals surface area contributed by atoms with Crippen molar-refractivity contribution in [1.29, 1.82) is 0 Å². The van der Waals surface area contributed by atoms with Gasteiger partial charge in [-0.25, -0.2) is 0 Å². The highest BCUT2D eigenvalue weighted by atomic mass is 14.7. The molecule has 1 aliphatic carbocycles. The van der Waals surface area contributed by atoms with Crippen molar-refractivity contribution in [2.45, 2.75) is 78.1 Å². The molecular weight excluding hydrogens is 313 g/mol. The molecule has 1 aromatic carbocycles. The van der Waals surface area contributed by atoms with Crippen molar-refractivity contribution in [3.8, 4) is 11.3 Å². The monoisotopic (exact) mass is 345 g/mol. The van der Waals surface area contributed by atoms with E-state index in [0.29, 0.717) is 11.0 Å². The maximum atomic E-state index is 6.43. The van der Waals surface area contributed by atoms with Gasteiger partial charge in [0.25, 0.3) is 0 Å². The second kappa shape index (κ2) is 6.55. The number of hydrogen-bond donors (Lipinski definition) is 0. The lowest BCUT2D eigenvalue weighted by atomic mass is 9.62. The molecule has 136 valence electrons. The highest BCUT2D eigenvalue weighted by Gasteiger charge is 2.36. The first-order valence-corrected chi connectivity index (χ1v) is 9.88. The molecule has 1 fully saturated rings. The quantitative estimate of drug-likeness (QED) is 0.637. The molecule has 0 bridgehead atoms. The lowest BCUT2D eigenvalue weighted by Crippen LogP contribution is -2.36. The lowest BCUT2D eigenvalue weighted by Gasteiger charge is -2.42. The van der Waals surface area contributed by atoms with Crippen LogP contribution in [-0.4, -0.2) is 12.8 Å². The Balaban J connectivity index is 1.86. The minimum Gasteiger partial charge on any atom is -0.264 e. The zero-order valence-electron chi connectivity index (χ0n) is 17.3. The van der Waals surface area contributed by atoms with E-state index in [1.807, 2.05) is 0 Å². The molecule has 0 saturated heterocycles. The van der Waals surface area contributed by atoms with Crippen LogP contribution in [0.15, 0.2) is 36.4 Å². The fourth-order valence-corrected chi connectivity index (χ4v) is 4.03. The SMILES string of the molecule is [B]c1nc(-c2ccc(C(C)(C)C)cc2)ccc1C1(C)CCC(C)(C)CC1. The Morgan fingerprint density at radius 1 is 0.846 bits per heavy atom. The van der Waals surface area contributed by atoms with E-state index < -0.39 is 0 Å². The maximum absolute atomic E-state index is 6.43. The van der Waals surface area contributed by atoms with Crippen LogP contribution in [0.5, 0.6) is 0 Å². The lowest BCUT2D eigenvalue weighted by molar-refractivity contribution is 0.173. The summed E-state index contributed by atoms with van der Waals surface area (Å²) >= 11 is 0. The Morgan fingerprint density at radius 3 is 1.92 bits per heavy atom. The van der Waals surface area contributed by atoms with E-state index in [2.05, 4.69) is 77.9 Å². The van der Waals surface area contributed by atoms with Gasteiger partial charge in [0.15, 0.2) is 0 Å². The summed E-state index contributed by atoms with van der Waals surface area (Å²) in [4.78, 5) is 4.77. The third-order valence-corrected chi connectivity index (χ3v) is 6.33. The molecule has 0 spiro atoms. The number of hydrogen-bond acceptors (Lipinski definition) is 1. The van der Waals surface area contributed by atoms with Crippen LogP contribution >= 0.6 is 0 Å². The van der Waals surface area contributed by atoms with Gasteiger partial charge in [0.2, 0.25) is 0 Å². The smallest absolute Gasteiger partial charge is 0.142 e. The molecule has 1 aromatic heterocycles. The van der Waals surface area contributed by atoms with Gasteiger partial charge < -0.3 is 0 Å². The van der Waals surface area contributed by atoms with E-state index in [4.69, 9.17) is 12.8 Å². The molecular formula is C24H32BN. The van der Waals surface area contributed by atoms with E-state index in [1.54, 1.807) is 0 Å². The van der Waals surface area contributed by atoms with E-state index in [0.717, 1.165) is 11.3 Å². The van der Waals surface area contributed by atoms with Gasteiger partial charge in [-0.1, -0.05) is 71.9 Å². The van der Waals surface area contributed by atoms with Crippen molar-refractivity contribution in [2.24, 2.45) is 5.41 Å². The summed E-state index contributed by atoms with van der Waals surface area (Å²) in [6.45, 7) is 13.8. The predicted molar refractivity (Wildman–Crippen MR) is 113 cm³/mol. The summed E-state index contributed by atoms with van der Waals surface area (Å²) in [7, 11) is 6.43. The van der Waals surface area contributed by atoms with E-state index >= 15 is 0 Å². The fraction of sp³-hybridized carbons (Fsp3) is 0.542. The highest BCUT2D eigenvalue weighted by Crippen LogP contribution is 2.45. The molecule has 0 unspecified atom stereocenters. The largest absolute Gasteiger partial charge is 0.264 e. The summed E-state index contributed by atoms with van der Waals surface area (Å²) in [5.74, 6) is 0. The molecule has 1 nitrogen and oxygen atoms in total. The summed E-state index contributed by atoms with van der Waals surface area (Å²) in [6, 6.07) is 13.1. The van der Waals surface area contributed by atoms with Crippen LogP contribution in [0.4, 0.5) is 0 Å². The topological polar surface area (TPSA) is 12.9 Å². The van der Waals surface area contributed by atoms with Crippen molar-refractivity contribution < 1.29 is 0 Å². The van der Waals surface area contributed by atoms with Gasteiger partial charge in [0.05, 0.1) is 5.69 Å². The zero-order chi connectivity index (χ0) is 19.2. The Morgan fingerprint density at radius 2 is 1.42 bits per heavy atom. The summed E-state index contributed by atoms with van der Waals surface area (Å²) in [5.41, 5.74) is 6.13. The molecule has 1 heterocycles. The van der Waals surface area contributed by atoms with E-state index in [1.165, 1.54) is 36.8 Å². The standard InChI is InChI=1S/C24H32BN/c1-22(2,3)18-9-7-17(8-10-18)20-12-11-19(21(25)26-20)24(6)15-13-23(4,5)14-16-24/h7-12H,13-16H2,1-6H3. The molecule has 0 N–H and O–H groups in total. The summed E-state index contributed by atoms with van der Waals surface area (Å²) < 4.78 is 0. The van der Waals surface area contributed by atoms with Crippen molar-refractivity contribution in [3.05, 3.63) is 47.5 Å². The molecule has 2 radical (unpaired) electrons. The van der Waals surface area contributed by atoms with Crippen molar-refractivity contribution in [1.82, 2.24) is 4.98 Å². The van der Waals surface area contributed by atoms with Crippen LogP contribution in [0.25, 0.3) is 11.3 Å². The number of rotatable bonds is 2. The van der Waals surface area contributed by atoms with Crippen LogP contribution in [-0.2, 0) is 10.8 Å². The number of nitrogens with zero attached hydrogens (tertiary/aromatic N) is 1. The first kappa shape index (κ1) is 19.2. The molecule has 0 atom stereocenters. The van der Waals surface area contributed by atoms with Crippen molar-refractivity contribution in [3.63, 3.8) is 0 Å². The Bertz CT molecular complexity index is 771. The zero-order valence-corrected chi connectivity index (χ0v) is 17.3. The second-order valence-electron chi connectivity index (χ2n) is 10.2. The molecule has 1 saturated carbocycles. The van der Waals surface area contributed by atoms with Crippen LogP contribution in [0, 0.1) is 5.41 Å². The summed E-state index contributed by atoms with van der Waals surface area (Å²) in [6.07, 6.45) is 4.87. The molecule has 0 aliphatic heterocycles. The van der Waals surface area contributed by atoms with Crippen LogP contribution in [0.1, 0.15) is 78.4 Å².